The molecule has 7 nitrogen and oxygen atoms in total. The summed E-state index contributed by atoms with van der Waals surface area (Å²) in [7, 11) is 0.107. The molecule has 0 N–H and O–H groups in total. The van der Waals surface area contributed by atoms with Crippen LogP contribution in [0, 0.1) is 0 Å². The second-order valence-electron chi connectivity index (χ2n) is 3.49. The Morgan fingerprint density at radius 2 is 1.63 bits per heavy atom. The molecular weight excluding hydrogens is 276 g/mol. The largest absolute Gasteiger partial charge is 0.493 e. The fourth-order valence-electron chi connectivity index (χ4n) is 1.39. The van der Waals surface area contributed by atoms with E-state index in [1.807, 2.05) is 0 Å². The van der Waals surface area contributed by atoms with Crippen LogP contribution in [-0.4, -0.2) is 42.0 Å². The molecule has 0 fully saturated rings. The first kappa shape index (κ1) is 15.1. The van der Waals surface area contributed by atoms with Crippen LogP contribution in [0.5, 0.6) is 17.2 Å². The highest BCUT2D eigenvalue weighted by atomic mass is 32.2. The van der Waals surface area contributed by atoms with Gasteiger partial charge in [-0.15, -0.1) is 0 Å². The lowest BCUT2D eigenvalue weighted by molar-refractivity contribution is 0.0600. The highest BCUT2D eigenvalue weighted by Gasteiger charge is 2.20. The average Bonchev–Trinajstić information content (AvgIpc) is 2.34. The summed E-state index contributed by atoms with van der Waals surface area (Å²) in [6, 6.07) is 2.56. The second-order valence-corrected chi connectivity index (χ2v) is 5.06. The number of hydrogen-bond acceptors (Lipinski definition) is 7. The molecule has 19 heavy (non-hydrogen) atoms. The van der Waals surface area contributed by atoms with Gasteiger partial charge in [-0.2, -0.15) is 8.42 Å². The van der Waals surface area contributed by atoms with Gasteiger partial charge in [0.15, 0.2) is 11.5 Å². The van der Waals surface area contributed by atoms with Crippen molar-refractivity contribution < 1.29 is 31.6 Å². The van der Waals surface area contributed by atoms with E-state index < -0.39 is 16.1 Å². The van der Waals surface area contributed by atoms with Crippen molar-refractivity contribution in [1.82, 2.24) is 0 Å². The van der Waals surface area contributed by atoms with Crippen molar-refractivity contribution in [2.24, 2.45) is 0 Å². The van der Waals surface area contributed by atoms with Crippen molar-refractivity contribution in [3.8, 4) is 17.2 Å². The second kappa shape index (κ2) is 5.79. The first-order valence-electron chi connectivity index (χ1n) is 5.06. The van der Waals surface area contributed by atoms with Gasteiger partial charge in [-0.25, -0.2) is 4.79 Å². The maximum Gasteiger partial charge on any atom is 0.338 e. The fourth-order valence-corrected chi connectivity index (χ4v) is 1.84. The summed E-state index contributed by atoms with van der Waals surface area (Å²) >= 11 is 0. The number of hydrogen-bond donors (Lipinski definition) is 0. The molecule has 0 saturated carbocycles. The van der Waals surface area contributed by atoms with Crippen LogP contribution in [0.1, 0.15) is 10.4 Å². The van der Waals surface area contributed by atoms with Crippen molar-refractivity contribution in [3.05, 3.63) is 17.7 Å². The lowest BCUT2D eigenvalue weighted by atomic mass is 10.2. The maximum absolute atomic E-state index is 11.5. The molecule has 8 heteroatoms. The third-order valence-corrected chi connectivity index (χ3v) is 2.59. The molecule has 0 amide bonds. The van der Waals surface area contributed by atoms with E-state index in [-0.39, 0.29) is 22.8 Å². The van der Waals surface area contributed by atoms with Crippen LogP contribution >= 0.6 is 0 Å². The molecule has 0 aliphatic carbocycles. The summed E-state index contributed by atoms with van der Waals surface area (Å²) in [4.78, 5) is 11.5. The van der Waals surface area contributed by atoms with E-state index in [2.05, 4.69) is 4.74 Å². The highest BCUT2D eigenvalue weighted by Crippen LogP contribution is 2.39. The summed E-state index contributed by atoms with van der Waals surface area (Å²) in [6.07, 6.45) is 0.879. The van der Waals surface area contributed by atoms with Crippen molar-refractivity contribution in [2.75, 3.05) is 27.6 Å². The van der Waals surface area contributed by atoms with E-state index in [9.17, 15) is 13.2 Å². The van der Waals surface area contributed by atoms with Crippen LogP contribution in [0.4, 0.5) is 0 Å². The van der Waals surface area contributed by atoms with Crippen LogP contribution in [0.15, 0.2) is 12.1 Å². The molecule has 0 radical (unpaired) electrons. The summed E-state index contributed by atoms with van der Waals surface area (Å²) < 4.78 is 41.7. The van der Waals surface area contributed by atoms with Crippen molar-refractivity contribution in [2.45, 2.75) is 0 Å². The topological polar surface area (TPSA) is 88.1 Å². The van der Waals surface area contributed by atoms with Crippen LogP contribution in [0.25, 0.3) is 0 Å². The highest BCUT2D eigenvalue weighted by molar-refractivity contribution is 7.86. The minimum absolute atomic E-state index is 0.0700. The molecule has 106 valence electrons. The Balaban J connectivity index is 3.43. The smallest absolute Gasteiger partial charge is 0.338 e. The molecule has 0 aliphatic heterocycles. The number of ether oxygens (including phenoxy) is 3. The van der Waals surface area contributed by atoms with E-state index in [1.165, 1.54) is 33.5 Å². The van der Waals surface area contributed by atoms with Gasteiger partial charge >= 0.3 is 16.1 Å². The predicted octanol–water partition coefficient (Wildman–Crippen LogP) is 0.829. The van der Waals surface area contributed by atoms with Gasteiger partial charge in [-0.1, -0.05) is 0 Å². The molecule has 1 aromatic rings. The van der Waals surface area contributed by atoms with Gasteiger partial charge in [0.05, 0.1) is 33.1 Å². The Labute approximate surface area is 111 Å². The Morgan fingerprint density at radius 1 is 1.05 bits per heavy atom. The molecule has 0 bridgehead atoms. The molecule has 1 rings (SSSR count). The van der Waals surface area contributed by atoms with Crippen molar-refractivity contribution in [1.29, 1.82) is 0 Å². The Morgan fingerprint density at radius 3 is 2.05 bits per heavy atom. The molecule has 0 saturated heterocycles. The van der Waals surface area contributed by atoms with E-state index in [0.717, 1.165) is 6.26 Å². The maximum atomic E-state index is 11.5. The Hall–Kier alpha value is -1.96. The minimum atomic E-state index is -3.77. The van der Waals surface area contributed by atoms with E-state index in [0.29, 0.717) is 0 Å². The Bertz CT molecular complexity index is 577. The fraction of sp³-hybridized carbons (Fsp3) is 0.364. The lowest BCUT2D eigenvalue weighted by Gasteiger charge is -2.13. The quantitative estimate of drug-likeness (QED) is 0.586. The number of rotatable bonds is 5. The molecule has 0 atom stereocenters. The zero-order valence-electron chi connectivity index (χ0n) is 10.9. The lowest BCUT2D eigenvalue weighted by Crippen LogP contribution is -2.09. The normalized spacial score (nSPS) is 10.7. The minimum Gasteiger partial charge on any atom is -0.493 e. The number of benzene rings is 1. The zero-order chi connectivity index (χ0) is 14.6. The first-order chi connectivity index (χ1) is 8.82. The number of esters is 1. The summed E-state index contributed by atoms with van der Waals surface area (Å²) in [5.41, 5.74) is 0.0822. The van der Waals surface area contributed by atoms with Gasteiger partial charge in [0.1, 0.15) is 0 Å². The number of carbonyl (C=O) groups excluding carboxylic acids is 1. The molecule has 0 aromatic heterocycles. The van der Waals surface area contributed by atoms with Crippen LogP contribution in [0.2, 0.25) is 0 Å². The zero-order valence-corrected chi connectivity index (χ0v) is 11.7. The predicted molar refractivity (Wildman–Crippen MR) is 66.4 cm³/mol. The van der Waals surface area contributed by atoms with Crippen LogP contribution in [0.3, 0.4) is 0 Å². The van der Waals surface area contributed by atoms with Crippen LogP contribution < -0.4 is 13.7 Å². The first-order valence-corrected chi connectivity index (χ1v) is 6.87. The van der Waals surface area contributed by atoms with Gasteiger partial charge in [-0.05, 0) is 6.07 Å². The average molecular weight is 290 g/mol. The Kier molecular flexibility index (Phi) is 4.60. The summed E-state index contributed by atoms with van der Waals surface area (Å²) in [5, 5.41) is 0. The van der Waals surface area contributed by atoms with Crippen molar-refractivity contribution >= 4 is 16.1 Å². The third-order valence-electron chi connectivity index (χ3n) is 2.11. The molecule has 0 heterocycles. The summed E-state index contributed by atoms with van der Waals surface area (Å²) in [6.45, 7) is 0. The SMILES string of the molecule is COC(=O)c1cc(OC)c(OC)c(OS(C)(=O)=O)c1. The van der Waals surface area contributed by atoms with Gasteiger partial charge < -0.3 is 18.4 Å². The molecule has 0 unspecified atom stereocenters. The third kappa shape index (κ3) is 3.75. The molecule has 0 spiro atoms. The summed E-state index contributed by atoms with van der Waals surface area (Å²) in [5.74, 6) is -0.575. The number of methoxy groups -OCH3 is 3. The van der Waals surface area contributed by atoms with E-state index in [1.54, 1.807) is 0 Å². The van der Waals surface area contributed by atoms with Gasteiger partial charge in [0.2, 0.25) is 5.75 Å². The van der Waals surface area contributed by atoms with E-state index in [4.69, 9.17) is 13.7 Å². The van der Waals surface area contributed by atoms with Gasteiger partial charge in [0.25, 0.3) is 0 Å². The molecule has 1 aromatic carbocycles. The van der Waals surface area contributed by atoms with Gasteiger partial charge in [0, 0.05) is 6.07 Å². The van der Waals surface area contributed by atoms with Crippen molar-refractivity contribution in [3.63, 3.8) is 0 Å². The van der Waals surface area contributed by atoms with Crippen LogP contribution in [-0.2, 0) is 14.9 Å². The van der Waals surface area contributed by atoms with Gasteiger partial charge in [-0.3, -0.25) is 0 Å². The number of carbonyl (C=O) groups is 1. The molecular formula is C11H14O7S. The van der Waals surface area contributed by atoms with E-state index >= 15 is 0 Å². The monoisotopic (exact) mass is 290 g/mol. The molecule has 0 aliphatic rings. The standard InChI is InChI=1S/C11H14O7S/c1-15-8-5-7(11(12)17-3)6-9(10(8)16-2)18-19(4,13)14/h5-6H,1-4H3.